The van der Waals surface area contributed by atoms with Crippen molar-refractivity contribution in [2.24, 2.45) is 4.99 Å². The van der Waals surface area contributed by atoms with E-state index in [0.29, 0.717) is 32.0 Å². The fraction of sp³-hybridized carbons (Fsp3) is 0.632. The van der Waals surface area contributed by atoms with Crippen molar-refractivity contribution in [3.63, 3.8) is 0 Å². The summed E-state index contributed by atoms with van der Waals surface area (Å²) in [5.41, 5.74) is 1.08. The molecule has 1 unspecified atom stereocenters. The van der Waals surface area contributed by atoms with Crippen LogP contribution in [-0.2, 0) is 6.42 Å². The number of nitrogens with one attached hydrogen (secondary N) is 2. The third-order valence-corrected chi connectivity index (χ3v) is 4.44. The molecule has 0 aliphatic carbocycles. The third-order valence-electron chi connectivity index (χ3n) is 4.44. The largest absolute Gasteiger partial charge is 0.391 e. The molecule has 1 atom stereocenters. The Hall–Kier alpha value is -1.00. The number of aliphatic imine (C=N–C) groups is 1. The van der Waals surface area contributed by atoms with Crippen LogP contribution >= 0.6 is 24.0 Å². The molecule has 1 aromatic carbocycles. The Kier molecular flexibility index (Phi) is 11.8. The molecule has 154 valence electrons. The van der Waals surface area contributed by atoms with Crippen molar-refractivity contribution in [2.75, 3.05) is 32.7 Å². The van der Waals surface area contributed by atoms with Crippen LogP contribution < -0.4 is 10.6 Å². The summed E-state index contributed by atoms with van der Waals surface area (Å²) in [7, 11) is 0. The molecule has 0 aromatic heterocycles. The summed E-state index contributed by atoms with van der Waals surface area (Å²) < 4.78 is 24.9. The van der Waals surface area contributed by atoms with Crippen LogP contribution in [-0.4, -0.2) is 67.3 Å². The molecular formula is C19H31F2IN4O. The molecule has 1 aliphatic heterocycles. The van der Waals surface area contributed by atoms with E-state index in [2.05, 4.69) is 15.6 Å². The number of benzene rings is 1. The van der Waals surface area contributed by atoms with Gasteiger partial charge in [0.05, 0.1) is 19.2 Å². The summed E-state index contributed by atoms with van der Waals surface area (Å²) >= 11 is 0. The Morgan fingerprint density at radius 3 is 2.52 bits per heavy atom. The summed E-state index contributed by atoms with van der Waals surface area (Å²) in [5.74, 6) is 0.673. The first-order valence-electron chi connectivity index (χ1n) is 9.34. The third kappa shape index (κ3) is 9.66. The van der Waals surface area contributed by atoms with E-state index in [1.807, 2.05) is 37.3 Å². The number of nitrogens with zero attached hydrogens (tertiary/aromatic N) is 2. The van der Waals surface area contributed by atoms with Gasteiger partial charge in [0, 0.05) is 32.1 Å². The lowest BCUT2D eigenvalue weighted by atomic mass is 10.1. The number of alkyl halides is 2. The second-order valence-corrected chi connectivity index (χ2v) is 6.67. The van der Waals surface area contributed by atoms with E-state index >= 15 is 0 Å². The minimum atomic E-state index is -2.27. The molecule has 3 N–H and O–H groups in total. The number of halogens is 3. The molecule has 1 saturated heterocycles. The normalized spacial score (nSPS) is 17.4. The van der Waals surface area contributed by atoms with Crippen molar-refractivity contribution < 1.29 is 13.9 Å². The van der Waals surface area contributed by atoms with Crippen molar-refractivity contribution in [3.05, 3.63) is 35.9 Å². The number of aliphatic hydroxyl groups is 1. The molecule has 5 nitrogen and oxygen atoms in total. The number of guanidine groups is 1. The SMILES string of the molecule is CCNC(=NCC(O)Cc1ccccc1)NC1CCN(CC(F)F)CC1.I. The highest BCUT2D eigenvalue weighted by Gasteiger charge is 2.22. The molecule has 8 heteroatoms. The fourth-order valence-electron chi connectivity index (χ4n) is 3.12. The Morgan fingerprint density at radius 1 is 1.26 bits per heavy atom. The van der Waals surface area contributed by atoms with Gasteiger partial charge in [0.1, 0.15) is 0 Å². The molecular weight excluding hydrogens is 465 g/mol. The van der Waals surface area contributed by atoms with Gasteiger partial charge >= 0.3 is 0 Å². The van der Waals surface area contributed by atoms with Gasteiger partial charge in [-0.3, -0.25) is 9.89 Å². The van der Waals surface area contributed by atoms with E-state index in [1.165, 1.54) is 0 Å². The van der Waals surface area contributed by atoms with Crippen LogP contribution in [0.3, 0.4) is 0 Å². The van der Waals surface area contributed by atoms with E-state index in [-0.39, 0.29) is 36.6 Å². The molecule has 0 saturated carbocycles. The number of aliphatic hydroxyl groups excluding tert-OH is 1. The van der Waals surface area contributed by atoms with Gasteiger partial charge in [-0.1, -0.05) is 30.3 Å². The molecule has 0 spiro atoms. The van der Waals surface area contributed by atoms with Crippen LogP contribution in [0.5, 0.6) is 0 Å². The smallest absolute Gasteiger partial charge is 0.251 e. The van der Waals surface area contributed by atoms with Gasteiger partial charge in [-0.15, -0.1) is 24.0 Å². The first-order valence-corrected chi connectivity index (χ1v) is 9.34. The average molecular weight is 496 g/mol. The molecule has 1 aliphatic rings. The summed E-state index contributed by atoms with van der Waals surface area (Å²) in [6.07, 6.45) is -0.631. The summed E-state index contributed by atoms with van der Waals surface area (Å²) in [6.45, 7) is 4.21. The number of piperidine rings is 1. The monoisotopic (exact) mass is 496 g/mol. The van der Waals surface area contributed by atoms with Gasteiger partial charge in [0.25, 0.3) is 6.43 Å². The maximum atomic E-state index is 12.4. The van der Waals surface area contributed by atoms with E-state index in [1.54, 1.807) is 4.90 Å². The van der Waals surface area contributed by atoms with Crippen LogP contribution in [0.1, 0.15) is 25.3 Å². The first kappa shape index (κ1) is 24.0. The number of hydrogen-bond acceptors (Lipinski definition) is 3. The molecule has 1 aromatic rings. The molecule has 1 heterocycles. The van der Waals surface area contributed by atoms with Gasteiger partial charge in [0.2, 0.25) is 0 Å². The molecule has 0 bridgehead atoms. The first-order chi connectivity index (χ1) is 12.6. The minimum Gasteiger partial charge on any atom is -0.391 e. The summed E-state index contributed by atoms with van der Waals surface area (Å²) in [6, 6.07) is 10.1. The van der Waals surface area contributed by atoms with Gasteiger partial charge in [0.15, 0.2) is 5.96 Å². The van der Waals surface area contributed by atoms with E-state index < -0.39 is 12.5 Å². The van der Waals surface area contributed by atoms with Gasteiger partial charge < -0.3 is 15.7 Å². The van der Waals surface area contributed by atoms with Crippen LogP contribution in [0, 0.1) is 0 Å². The van der Waals surface area contributed by atoms with E-state index in [4.69, 9.17) is 0 Å². The lowest BCUT2D eigenvalue weighted by Gasteiger charge is -2.32. The Balaban J connectivity index is 0.00000364. The molecule has 2 rings (SSSR count). The standard InChI is InChI=1S/C19H30F2N4O.HI/c1-2-22-19(23-13-17(26)12-15-6-4-3-5-7-15)24-16-8-10-25(11-9-16)14-18(20)21;/h3-7,16-18,26H,2,8-14H2,1H3,(H2,22,23,24);1H. The van der Waals surface area contributed by atoms with Crippen molar-refractivity contribution in [3.8, 4) is 0 Å². The topological polar surface area (TPSA) is 59.9 Å². The highest BCUT2D eigenvalue weighted by molar-refractivity contribution is 14.0. The van der Waals surface area contributed by atoms with Gasteiger partial charge in [-0.05, 0) is 25.3 Å². The molecule has 1 fully saturated rings. The van der Waals surface area contributed by atoms with Crippen molar-refractivity contribution >= 4 is 29.9 Å². The zero-order valence-electron chi connectivity index (χ0n) is 15.8. The molecule has 0 amide bonds. The van der Waals surface area contributed by atoms with Gasteiger partial charge in [-0.25, -0.2) is 8.78 Å². The van der Waals surface area contributed by atoms with Crippen LogP contribution in [0.15, 0.2) is 35.3 Å². The maximum Gasteiger partial charge on any atom is 0.251 e. The number of likely N-dealkylation sites (tertiary alicyclic amines) is 1. The predicted molar refractivity (Wildman–Crippen MR) is 116 cm³/mol. The van der Waals surface area contributed by atoms with E-state index in [0.717, 1.165) is 24.9 Å². The van der Waals surface area contributed by atoms with Crippen molar-refractivity contribution in [1.82, 2.24) is 15.5 Å². The molecule has 0 radical (unpaired) electrons. The highest BCUT2D eigenvalue weighted by Crippen LogP contribution is 2.12. The minimum absolute atomic E-state index is 0. The van der Waals surface area contributed by atoms with Crippen molar-refractivity contribution in [2.45, 2.75) is 44.8 Å². The van der Waals surface area contributed by atoms with Crippen LogP contribution in [0.25, 0.3) is 0 Å². The Morgan fingerprint density at radius 2 is 1.93 bits per heavy atom. The Bertz CT molecular complexity index is 540. The quantitative estimate of drug-likeness (QED) is 0.294. The second-order valence-electron chi connectivity index (χ2n) is 6.67. The van der Waals surface area contributed by atoms with Crippen LogP contribution in [0.4, 0.5) is 8.78 Å². The van der Waals surface area contributed by atoms with Gasteiger partial charge in [-0.2, -0.15) is 0 Å². The van der Waals surface area contributed by atoms with Crippen LogP contribution in [0.2, 0.25) is 0 Å². The average Bonchev–Trinajstić information content (AvgIpc) is 2.62. The number of rotatable bonds is 8. The maximum absolute atomic E-state index is 12.4. The predicted octanol–water partition coefficient (Wildman–Crippen LogP) is 2.49. The second kappa shape index (κ2) is 13.2. The molecule has 27 heavy (non-hydrogen) atoms. The number of hydrogen-bond donors (Lipinski definition) is 3. The van der Waals surface area contributed by atoms with Crippen molar-refractivity contribution in [1.29, 1.82) is 0 Å². The lowest BCUT2D eigenvalue weighted by Crippen LogP contribution is -2.49. The lowest BCUT2D eigenvalue weighted by molar-refractivity contribution is 0.0744. The Labute approximate surface area is 177 Å². The van der Waals surface area contributed by atoms with E-state index in [9.17, 15) is 13.9 Å². The highest BCUT2D eigenvalue weighted by atomic mass is 127. The zero-order valence-corrected chi connectivity index (χ0v) is 18.1. The zero-order chi connectivity index (χ0) is 18.8. The summed E-state index contributed by atoms with van der Waals surface area (Å²) in [5, 5.41) is 16.8. The summed E-state index contributed by atoms with van der Waals surface area (Å²) in [4.78, 5) is 6.28. The fourth-order valence-corrected chi connectivity index (χ4v) is 3.12.